The van der Waals surface area contributed by atoms with E-state index in [1.165, 1.54) is 12.1 Å². The summed E-state index contributed by atoms with van der Waals surface area (Å²) in [6.07, 6.45) is -2.34. The van der Waals surface area contributed by atoms with Crippen molar-refractivity contribution in [3.8, 4) is 11.1 Å². The molecule has 0 bridgehead atoms. The van der Waals surface area contributed by atoms with E-state index < -0.39 is 11.7 Å². The van der Waals surface area contributed by atoms with E-state index in [2.05, 4.69) is 23.7 Å². The molecule has 1 fully saturated rings. The van der Waals surface area contributed by atoms with Crippen molar-refractivity contribution >= 4 is 22.5 Å². The van der Waals surface area contributed by atoms with Crippen molar-refractivity contribution in [3.63, 3.8) is 0 Å². The van der Waals surface area contributed by atoms with Crippen molar-refractivity contribution in [2.75, 3.05) is 13.1 Å². The smallest absolute Gasteiger partial charge is 0.301 e. The van der Waals surface area contributed by atoms with Gasteiger partial charge in [0.1, 0.15) is 5.82 Å². The second kappa shape index (κ2) is 9.11. The highest BCUT2D eigenvalue weighted by Crippen LogP contribution is 2.37. The van der Waals surface area contributed by atoms with E-state index in [9.17, 15) is 18.0 Å². The maximum Gasteiger partial charge on any atom is 0.417 e. The van der Waals surface area contributed by atoms with Gasteiger partial charge in [0, 0.05) is 19.1 Å². The van der Waals surface area contributed by atoms with Gasteiger partial charge in [-0.3, -0.25) is 9.36 Å². The number of nitrogens with zero attached hydrogens (tertiary/aromatic N) is 3. The molecule has 1 saturated heterocycles. The van der Waals surface area contributed by atoms with Crippen molar-refractivity contribution < 1.29 is 13.2 Å². The van der Waals surface area contributed by atoms with Crippen LogP contribution < -0.4 is 5.56 Å². The average molecular weight is 478 g/mol. The van der Waals surface area contributed by atoms with Crippen LogP contribution in [-0.4, -0.2) is 33.6 Å². The highest BCUT2D eigenvalue weighted by Gasteiger charge is 2.33. The van der Waals surface area contributed by atoms with Crippen LogP contribution in [0.2, 0.25) is 5.02 Å². The molecule has 2 heterocycles. The molecule has 8 heteroatoms. The lowest BCUT2D eigenvalue weighted by atomic mass is 9.96. The molecule has 1 aliphatic rings. The van der Waals surface area contributed by atoms with Crippen molar-refractivity contribution in [2.45, 2.75) is 52.4 Å². The molecule has 0 unspecified atom stereocenters. The van der Waals surface area contributed by atoms with Crippen LogP contribution in [0.4, 0.5) is 13.2 Å². The Kier molecular flexibility index (Phi) is 6.56. The van der Waals surface area contributed by atoms with Crippen molar-refractivity contribution in [2.24, 2.45) is 5.92 Å². The number of alkyl halides is 3. The Balaban J connectivity index is 1.70. The van der Waals surface area contributed by atoms with E-state index in [4.69, 9.17) is 11.6 Å². The minimum atomic E-state index is -4.52. The van der Waals surface area contributed by atoms with Crippen LogP contribution in [0.15, 0.2) is 41.2 Å². The molecule has 176 valence electrons. The number of hydrogen-bond donors (Lipinski definition) is 0. The summed E-state index contributed by atoms with van der Waals surface area (Å²) in [5.41, 5.74) is 0.704. The zero-order valence-corrected chi connectivity index (χ0v) is 19.7. The lowest BCUT2D eigenvalue weighted by Crippen LogP contribution is -2.42. The number of aryl methyl sites for hydroxylation is 1. The maximum absolute atomic E-state index is 13.4. The summed E-state index contributed by atoms with van der Waals surface area (Å²) in [6, 6.07) is 9.28. The van der Waals surface area contributed by atoms with Gasteiger partial charge in [0.25, 0.3) is 5.56 Å². The van der Waals surface area contributed by atoms with E-state index in [0.29, 0.717) is 46.4 Å². The van der Waals surface area contributed by atoms with Gasteiger partial charge in [-0.2, -0.15) is 13.2 Å². The standard InChI is InChI=1S/C25H27ClF3N3O/c1-15(2)31-10-4-5-17(13-31)14-32-16(3)30-23-9-7-18(11-20(23)24(32)33)19-6-8-21(22(26)12-19)25(27,28)29/h6-9,11-12,15,17H,4-5,10,13-14H2,1-3H3/t17-/m0/s1. The van der Waals surface area contributed by atoms with Crippen LogP contribution >= 0.6 is 11.6 Å². The minimum Gasteiger partial charge on any atom is -0.301 e. The van der Waals surface area contributed by atoms with Gasteiger partial charge in [-0.25, -0.2) is 4.98 Å². The second-order valence-corrected chi connectivity index (χ2v) is 9.50. The monoisotopic (exact) mass is 477 g/mol. The molecular formula is C25H27ClF3N3O. The molecule has 0 saturated carbocycles. The Morgan fingerprint density at radius 2 is 1.85 bits per heavy atom. The van der Waals surface area contributed by atoms with Gasteiger partial charge in [-0.15, -0.1) is 0 Å². The summed E-state index contributed by atoms with van der Waals surface area (Å²) in [5.74, 6) is 1.04. The Hall–Kier alpha value is -2.38. The van der Waals surface area contributed by atoms with Gasteiger partial charge >= 0.3 is 6.18 Å². The summed E-state index contributed by atoms with van der Waals surface area (Å²) in [5, 5.41) is 0.0807. The first kappa shape index (κ1) is 23.8. The number of halogens is 4. The molecule has 4 rings (SSSR count). The van der Waals surface area contributed by atoms with Crippen molar-refractivity contribution in [1.29, 1.82) is 0 Å². The lowest BCUT2D eigenvalue weighted by Gasteiger charge is -2.35. The van der Waals surface area contributed by atoms with E-state index in [1.807, 2.05) is 6.92 Å². The molecule has 0 radical (unpaired) electrons. The van der Waals surface area contributed by atoms with Crippen LogP contribution in [-0.2, 0) is 12.7 Å². The third kappa shape index (κ3) is 4.94. The summed E-state index contributed by atoms with van der Waals surface area (Å²) in [7, 11) is 0. The SMILES string of the molecule is Cc1nc2ccc(-c3ccc(C(F)(F)F)c(Cl)c3)cc2c(=O)n1C[C@H]1CCCN(C(C)C)C1. The summed E-state index contributed by atoms with van der Waals surface area (Å²) < 4.78 is 40.9. The normalized spacial score (nSPS) is 17.8. The Morgan fingerprint density at radius 3 is 2.52 bits per heavy atom. The van der Waals surface area contributed by atoms with Gasteiger partial charge in [-0.05, 0) is 81.5 Å². The van der Waals surface area contributed by atoms with Crippen LogP contribution in [0, 0.1) is 12.8 Å². The average Bonchev–Trinajstić information content (AvgIpc) is 2.75. The lowest BCUT2D eigenvalue weighted by molar-refractivity contribution is -0.137. The third-order valence-corrected chi connectivity index (χ3v) is 6.79. The number of aromatic nitrogens is 2. The molecule has 1 atom stereocenters. The van der Waals surface area contributed by atoms with Gasteiger partial charge in [0.15, 0.2) is 0 Å². The minimum absolute atomic E-state index is 0.126. The zero-order valence-electron chi connectivity index (χ0n) is 18.9. The number of hydrogen-bond acceptors (Lipinski definition) is 3. The fourth-order valence-electron chi connectivity index (χ4n) is 4.62. The van der Waals surface area contributed by atoms with Gasteiger partial charge in [-0.1, -0.05) is 23.7 Å². The molecule has 0 spiro atoms. The van der Waals surface area contributed by atoms with Crippen molar-refractivity contribution in [3.05, 3.63) is 63.2 Å². The molecule has 2 aromatic carbocycles. The molecule has 4 nitrogen and oxygen atoms in total. The molecule has 1 aliphatic heterocycles. The Bertz CT molecular complexity index is 1240. The molecule has 3 aromatic rings. The number of likely N-dealkylation sites (tertiary alicyclic amines) is 1. The number of rotatable bonds is 4. The maximum atomic E-state index is 13.4. The van der Waals surface area contributed by atoms with Crippen LogP contribution in [0.3, 0.4) is 0 Å². The van der Waals surface area contributed by atoms with Crippen LogP contribution in [0.1, 0.15) is 38.1 Å². The highest BCUT2D eigenvalue weighted by atomic mass is 35.5. The molecule has 33 heavy (non-hydrogen) atoms. The number of benzene rings is 2. The fourth-order valence-corrected chi connectivity index (χ4v) is 4.91. The molecule has 1 aromatic heterocycles. The first-order valence-electron chi connectivity index (χ1n) is 11.2. The van der Waals surface area contributed by atoms with E-state index in [1.54, 1.807) is 22.8 Å². The zero-order chi connectivity index (χ0) is 23.9. The van der Waals surface area contributed by atoms with Crippen molar-refractivity contribution in [1.82, 2.24) is 14.5 Å². The van der Waals surface area contributed by atoms with Crippen LogP contribution in [0.5, 0.6) is 0 Å². The number of piperidine rings is 1. The topological polar surface area (TPSA) is 38.1 Å². The van der Waals surface area contributed by atoms with E-state index in [-0.39, 0.29) is 10.6 Å². The Morgan fingerprint density at radius 1 is 1.15 bits per heavy atom. The Labute approximate surface area is 196 Å². The third-order valence-electron chi connectivity index (χ3n) is 6.47. The molecular weight excluding hydrogens is 451 g/mol. The quantitative estimate of drug-likeness (QED) is 0.451. The van der Waals surface area contributed by atoms with Gasteiger partial charge in [0.05, 0.1) is 21.5 Å². The highest BCUT2D eigenvalue weighted by molar-refractivity contribution is 6.31. The summed E-state index contributed by atoms with van der Waals surface area (Å²) in [6.45, 7) is 8.85. The first-order valence-corrected chi connectivity index (χ1v) is 11.5. The molecule has 0 amide bonds. The predicted molar refractivity (Wildman–Crippen MR) is 126 cm³/mol. The van der Waals surface area contributed by atoms with Gasteiger partial charge in [0.2, 0.25) is 0 Å². The van der Waals surface area contributed by atoms with Gasteiger partial charge < -0.3 is 4.90 Å². The predicted octanol–water partition coefficient (Wildman–Crippen LogP) is 6.16. The molecule has 0 aliphatic carbocycles. The number of fused-ring (bicyclic) bond motifs is 1. The fraction of sp³-hybridized carbons (Fsp3) is 0.440. The van der Waals surface area contributed by atoms with E-state index in [0.717, 1.165) is 32.0 Å². The van der Waals surface area contributed by atoms with E-state index >= 15 is 0 Å². The second-order valence-electron chi connectivity index (χ2n) is 9.10. The summed E-state index contributed by atoms with van der Waals surface area (Å²) >= 11 is 5.90. The largest absolute Gasteiger partial charge is 0.417 e. The van der Waals surface area contributed by atoms with Crippen LogP contribution in [0.25, 0.3) is 22.0 Å². The summed E-state index contributed by atoms with van der Waals surface area (Å²) in [4.78, 5) is 20.5. The first-order chi connectivity index (χ1) is 15.5. The molecule has 0 N–H and O–H groups in total.